The van der Waals surface area contributed by atoms with Crippen molar-refractivity contribution >= 4 is 17.6 Å². The lowest BCUT2D eigenvalue weighted by molar-refractivity contribution is -0.873. The van der Waals surface area contributed by atoms with Gasteiger partial charge in [-0.05, 0) is 38.1 Å². The van der Waals surface area contributed by atoms with Crippen molar-refractivity contribution in [2.45, 2.75) is 19.9 Å². The van der Waals surface area contributed by atoms with Gasteiger partial charge in [-0.2, -0.15) is 0 Å². The number of amides is 1. The quantitative estimate of drug-likeness (QED) is 0.584. The first-order valence-electron chi connectivity index (χ1n) is 6.33. The molecule has 1 amide bonds. The summed E-state index contributed by atoms with van der Waals surface area (Å²) < 4.78 is 4.89. The van der Waals surface area contributed by atoms with Crippen molar-refractivity contribution < 1.29 is 31.6 Å². The maximum atomic E-state index is 11.9. The van der Waals surface area contributed by atoms with Gasteiger partial charge in [0.1, 0.15) is 0 Å². The molecule has 20 heavy (non-hydrogen) atoms. The minimum Gasteiger partial charge on any atom is -1.00 e. The maximum absolute atomic E-state index is 11.9. The van der Waals surface area contributed by atoms with E-state index >= 15 is 0 Å². The largest absolute Gasteiger partial charge is 1.00 e. The molecule has 0 saturated heterocycles. The zero-order valence-electron chi connectivity index (χ0n) is 12.2. The molecular weight excluding hydrogens is 280 g/mol. The predicted molar refractivity (Wildman–Crippen MR) is 73.3 cm³/mol. The Bertz CT molecular complexity index is 446. The molecule has 1 aromatic rings. The second-order valence-electron chi connectivity index (χ2n) is 4.59. The summed E-state index contributed by atoms with van der Waals surface area (Å²) in [4.78, 5) is 24.4. The predicted octanol–water partition coefficient (Wildman–Crippen LogP) is -2.66. The Hall–Kier alpha value is -1.59. The van der Waals surface area contributed by atoms with Gasteiger partial charge < -0.3 is 27.4 Å². The summed E-state index contributed by atoms with van der Waals surface area (Å²) in [7, 11) is 3.85. The Morgan fingerprint density at radius 3 is 2.25 bits per heavy atom. The molecule has 0 fully saturated rings. The molecule has 1 aromatic carbocycles. The van der Waals surface area contributed by atoms with E-state index in [1.807, 2.05) is 21.0 Å². The van der Waals surface area contributed by atoms with Crippen LogP contribution in [-0.4, -0.2) is 38.6 Å². The van der Waals surface area contributed by atoms with E-state index < -0.39 is 0 Å². The number of halogens is 1. The molecular formula is C14H21ClN2O3. The van der Waals surface area contributed by atoms with Gasteiger partial charge in [0, 0.05) is 5.69 Å². The highest BCUT2D eigenvalue weighted by atomic mass is 35.5. The van der Waals surface area contributed by atoms with E-state index in [9.17, 15) is 9.59 Å². The van der Waals surface area contributed by atoms with Crippen LogP contribution in [0.25, 0.3) is 0 Å². The topological polar surface area (TPSA) is 59.8 Å². The summed E-state index contributed by atoms with van der Waals surface area (Å²) in [6.07, 6.45) is 0. The SMILES string of the molecule is CCOC(=O)c1ccc(NC(=O)C(C)[NH+](C)C)cc1.[Cl-]. The first kappa shape index (κ1) is 18.4. The Morgan fingerprint density at radius 1 is 1.25 bits per heavy atom. The van der Waals surface area contributed by atoms with Gasteiger partial charge in [-0.1, -0.05) is 0 Å². The van der Waals surface area contributed by atoms with Crippen molar-refractivity contribution in [1.29, 1.82) is 0 Å². The van der Waals surface area contributed by atoms with Crippen LogP contribution in [0, 0.1) is 0 Å². The lowest BCUT2D eigenvalue weighted by Crippen LogP contribution is -3.11. The van der Waals surface area contributed by atoms with Crippen LogP contribution in [0.1, 0.15) is 24.2 Å². The summed E-state index contributed by atoms with van der Waals surface area (Å²) in [5.41, 5.74) is 1.15. The average molecular weight is 301 g/mol. The molecule has 0 spiro atoms. The molecule has 0 aromatic heterocycles. The Morgan fingerprint density at radius 2 is 1.80 bits per heavy atom. The number of likely N-dealkylation sites (N-methyl/N-ethyl adjacent to an activating group) is 1. The Balaban J connectivity index is 0.00000361. The third kappa shape index (κ3) is 5.19. The van der Waals surface area contributed by atoms with E-state index in [1.54, 1.807) is 31.2 Å². The van der Waals surface area contributed by atoms with E-state index in [0.717, 1.165) is 4.90 Å². The van der Waals surface area contributed by atoms with E-state index in [1.165, 1.54) is 0 Å². The van der Waals surface area contributed by atoms with Crippen molar-refractivity contribution in [2.75, 3.05) is 26.0 Å². The second kappa shape index (κ2) is 8.55. The number of quaternary nitrogens is 1. The third-order valence-electron chi connectivity index (χ3n) is 2.92. The summed E-state index contributed by atoms with van der Waals surface area (Å²) in [6, 6.07) is 6.54. The number of carbonyl (C=O) groups excluding carboxylic acids is 2. The molecule has 0 aliphatic rings. The first-order chi connectivity index (χ1) is 8.95. The van der Waals surface area contributed by atoms with E-state index in [4.69, 9.17) is 4.74 Å². The van der Waals surface area contributed by atoms with Gasteiger partial charge in [0.25, 0.3) is 5.91 Å². The summed E-state index contributed by atoms with van der Waals surface area (Å²) in [5, 5.41) is 2.81. The van der Waals surface area contributed by atoms with Gasteiger partial charge in [-0.15, -0.1) is 0 Å². The highest BCUT2D eigenvalue weighted by molar-refractivity contribution is 5.94. The van der Waals surface area contributed by atoms with Crippen LogP contribution < -0.4 is 22.6 Å². The van der Waals surface area contributed by atoms with E-state index in [-0.39, 0.29) is 30.3 Å². The smallest absolute Gasteiger partial charge is 0.338 e. The number of hydrogen-bond acceptors (Lipinski definition) is 3. The van der Waals surface area contributed by atoms with Crippen LogP contribution in [0.3, 0.4) is 0 Å². The van der Waals surface area contributed by atoms with Crippen molar-refractivity contribution in [3.63, 3.8) is 0 Å². The van der Waals surface area contributed by atoms with Crippen LogP contribution in [0.2, 0.25) is 0 Å². The maximum Gasteiger partial charge on any atom is 0.338 e. The fraction of sp³-hybridized carbons (Fsp3) is 0.429. The number of rotatable bonds is 5. The minimum atomic E-state index is -0.355. The summed E-state index contributed by atoms with van der Waals surface area (Å²) in [6.45, 7) is 3.97. The number of hydrogen-bond donors (Lipinski definition) is 2. The van der Waals surface area contributed by atoms with Crippen molar-refractivity contribution in [2.24, 2.45) is 0 Å². The van der Waals surface area contributed by atoms with E-state index in [2.05, 4.69) is 5.32 Å². The monoisotopic (exact) mass is 300 g/mol. The third-order valence-corrected chi connectivity index (χ3v) is 2.92. The zero-order chi connectivity index (χ0) is 14.4. The van der Waals surface area contributed by atoms with Gasteiger partial charge in [0.2, 0.25) is 0 Å². The van der Waals surface area contributed by atoms with Gasteiger partial charge in [0.15, 0.2) is 6.04 Å². The first-order valence-corrected chi connectivity index (χ1v) is 6.33. The second-order valence-corrected chi connectivity index (χ2v) is 4.59. The molecule has 0 aliphatic carbocycles. The average Bonchev–Trinajstić information content (AvgIpc) is 2.38. The fourth-order valence-electron chi connectivity index (χ4n) is 1.42. The summed E-state index contributed by atoms with van der Waals surface area (Å²) in [5.74, 6) is -0.407. The van der Waals surface area contributed by atoms with Crippen LogP contribution in [0.5, 0.6) is 0 Å². The van der Waals surface area contributed by atoms with Gasteiger partial charge in [-0.3, -0.25) is 4.79 Å². The molecule has 0 heterocycles. The minimum absolute atomic E-state index is 0. The van der Waals surface area contributed by atoms with Crippen LogP contribution in [0.15, 0.2) is 24.3 Å². The molecule has 6 heteroatoms. The van der Waals surface area contributed by atoms with Crippen LogP contribution >= 0.6 is 0 Å². The fourth-order valence-corrected chi connectivity index (χ4v) is 1.42. The number of nitrogens with one attached hydrogen (secondary N) is 2. The molecule has 112 valence electrons. The Labute approximate surface area is 125 Å². The van der Waals surface area contributed by atoms with Crippen molar-refractivity contribution in [3.8, 4) is 0 Å². The molecule has 1 rings (SSSR count). The molecule has 1 unspecified atom stereocenters. The lowest BCUT2D eigenvalue weighted by atomic mass is 10.2. The molecule has 0 radical (unpaired) electrons. The van der Waals surface area contributed by atoms with E-state index in [0.29, 0.717) is 17.9 Å². The molecule has 2 N–H and O–H groups in total. The number of ether oxygens (including phenoxy) is 1. The van der Waals surface area contributed by atoms with Crippen molar-refractivity contribution in [3.05, 3.63) is 29.8 Å². The molecule has 0 saturated carbocycles. The number of esters is 1. The number of anilines is 1. The molecule has 1 atom stereocenters. The number of benzene rings is 1. The highest BCUT2D eigenvalue weighted by Gasteiger charge is 2.18. The number of carbonyl (C=O) groups is 2. The lowest BCUT2D eigenvalue weighted by Gasteiger charge is -2.16. The standard InChI is InChI=1S/C14H20N2O3.ClH/c1-5-19-14(18)11-6-8-12(9-7-11)15-13(17)10(2)16(3)4;/h6-10H,5H2,1-4H3,(H,15,17);1H. The molecule has 0 aliphatic heterocycles. The summed E-state index contributed by atoms with van der Waals surface area (Å²) >= 11 is 0. The van der Waals surface area contributed by atoms with Crippen LogP contribution in [0.4, 0.5) is 5.69 Å². The Kier molecular flexibility index (Phi) is 7.87. The zero-order valence-corrected chi connectivity index (χ0v) is 13.0. The van der Waals surface area contributed by atoms with Crippen molar-refractivity contribution in [1.82, 2.24) is 0 Å². The van der Waals surface area contributed by atoms with Crippen LogP contribution in [-0.2, 0) is 9.53 Å². The molecule has 5 nitrogen and oxygen atoms in total. The molecule has 0 bridgehead atoms. The highest BCUT2D eigenvalue weighted by Crippen LogP contribution is 2.10. The van der Waals surface area contributed by atoms with Gasteiger partial charge in [0.05, 0.1) is 26.3 Å². The normalized spacial score (nSPS) is 11.4. The van der Waals surface area contributed by atoms with Gasteiger partial charge in [-0.25, -0.2) is 4.79 Å². The van der Waals surface area contributed by atoms with Gasteiger partial charge >= 0.3 is 5.97 Å².